The van der Waals surface area contributed by atoms with E-state index in [1.165, 1.54) is 0 Å². The monoisotopic (exact) mass is 297 g/mol. The van der Waals surface area contributed by atoms with E-state index < -0.39 is 0 Å². The highest BCUT2D eigenvalue weighted by molar-refractivity contribution is 6.31. The van der Waals surface area contributed by atoms with Crippen molar-refractivity contribution >= 4 is 11.6 Å². The molecular formula is C17H28ClNO. The minimum absolute atomic E-state index is 0.616. The van der Waals surface area contributed by atoms with Crippen LogP contribution in [-0.2, 0) is 6.54 Å². The molecule has 0 bridgehead atoms. The molecule has 3 heteroatoms. The molecule has 0 amide bonds. The summed E-state index contributed by atoms with van der Waals surface area (Å²) in [6.07, 6.45) is 2.30. The van der Waals surface area contributed by atoms with Crippen molar-refractivity contribution in [3.8, 4) is 5.75 Å². The molecule has 0 aromatic heterocycles. The molecule has 0 saturated heterocycles. The van der Waals surface area contributed by atoms with Crippen molar-refractivity contribution in [1.82, 2.24) is 5.32 Å². The summed E-state index contributed by atoms with van der Waals surface area (Å²) in [5.41, 5.74) is 1.07. The van der Waals surface area contributed by atoms with E-state index in [0.29, 0.717) is 11.8 Å². The fourth-order valence-corrected chi connectivity index (χ4v) is 2.30. The number of halogens is 1. The fourth-order valence-electron chi connectivity index (χ4n) is 2.06. The SMILES string of the molecule is CCC(CC)COc1cccc(Cl)c1CNCC(C)C. The van der Waals surface area contributed by atoms with Crippen LogP contribution in [0.15, 0.2) is 18.2 Å². The first-order valence-electron chi connectivity index (χ1n) is 7.69. The van der Waals surface area contributed by atoms with Gasteiger partial charge in [-0.1, -0.05) is 58.2 Å². The predicted molar refractivity (Wildman–Crippen MR) is 87.6 cm³/mol. The molecule has 1 aromatic carbocycles. The van der Waals surface area contributed by atoms with Crippen LogP contribution in [0, 0.1) is 11.8 Å². The van der Waals surface area contributed by atoms with E-state index in [1.54, 1.807) is 0 Å². The summed E-state index contributed by atoms with van der Waals surface area (Å²) in [6, 6.07) is 5.90. The molecule has 0 radical (unpaired) electrons. The van der Waals surface area contributed by atoms with E-state index in [4.69, 9.17) is 16.3 Å². The highest BCUT2D eigenvalue weighted by Gasteiger charge is 2.10. The lowest BCUT2D eigenvalue weighted by atomic mass is 10.1. The Labute approximate surface area is 128 Å². The molecular weight excluding hydrogens is 270 g/mol. The molecule has 2 nitrogen and oxygen atoms in total. The second-order valence-corrected chi connectivity index (χ2v) is 6.14. The van der Waals surface area contributed by atoms with Gasteiger partial charge in [-0.25, -0.2) is 0 Å². The van der Waals surface area contributed by atoms with Gasteiger partial charge in [-0.3, -0.25) is 0 Å². The lowest BCUT2D eigenvalue weighted by Gasteiger charge is -2.17. The largest absolute Gasteiger partial charge is 0.493 e. The van der Waals surface area contributed by atoms with Crippen LogP contribution in [0.4, 0.5) is 0 Å². The maximum absolute atomic E-state index is 6.31. The third-order valence-corrected chi connectivity index (χ3v) is 3.91. The summed E-state index contributed by atoms with van der Waals surface area (Å²) in [4.78, 5) is 0. The standard InChI is InChI=1S/C17H28ClNO/c1-5-14(6-2)12-20-17-9-7-8-16(18)15(17)11-19-10-13(3)4/h7-9,13-14,19H,5-6,10-12H2,1-4H3. The highest BCUT2D eigenvalue weighted by Crippen LogP contribution is 2.27. The normalized spacial score (nSPS) is 11.3. The molecule has 0 fully saturated rings. The summed E-state index contributed by atoms with van der Waals surface area (Å²) in [6.45, 7) is 11.3. The van der Waals surface area contributed by atoms with Crippen molar-refractivity contribution < 1.29 is 4.74 Å². The summed E-state index contributed by atoms with van der Waals surface area (Å²) >= 11 is 6.31. The Balaban J connectivity index is 2.67. The van der Waals surface area contributed by atoms with Crippen molar-refractivity contribution in [2.24, 2.45) is 11.8 Å². The molecule has 0 atom stereocenters. The highest BCUT2D eigenvalue weighted by atomic mass is 35.5. The minimum Gasteiger partial charge on any atom is -0.493 e. The molecule has 1 rings (SSSR count). The molecule has 20 heavy (non-hydrogen) atoms. The van der Waals surface area contributed by atoms with Gasteiger partial charge in [-0.15, -0.1) is 0 Å². The van der Waals surface area contributed by atoms with Gasteiger partial charge < -0.3 is 10.1 Å². The van der Waals surface area contributed by atoms with E-state index in [9.17, 15) is 0 Å². The Bertz CT molecular complexity index is 389. The zero-order valence-corrected chi connectivity index (χ0v) is 14.0. The van der Waals surface area contributed by atoms with Gasteiger partial charge in [0.2, 0.25) is 0 Å². The van der Waals surface area contributed by atoms with Crippen LogP contribution in [0.3, 0.4) is 0 Å². The quantitative estimate of drug-likeness (QED) is 0.700. The zero-order chi connectivity index (χ0) is 15.0. The molecule has 0 aliphatic heterocycles. The number of hydrogen-bond acceptors (Lipinski definition) is 2. The molecule has 114 valence electrons. The first-order valence-corrected chi connectivity index (χ1v) is 8.07. The minimum atomic E-state index is 0.616. The van der Waals surface area contributed by atoms with E-state index in [-0.39, 0.29) is 0 Å². The van der Waals surface area contributed by atoms with Gasteiger partial charge in [0.05, 0.1) is 6.61 Å². The lowest BCUT2D eigenvalue weighted by Crippen LogP contribution is -2.20. The number of nitrogens with one attached hydrogen (secondary N) is 1. The maximum Gasteiger partial charge on any atom is 0.125 e. The van der Waals surface area contributed by atoms with Crippen molar-refractivity contribution in [3.05, 3.63) is 28.8 Å². The van der Waals surface area contributed by atoms with Crippen LogP contribution >= 0.6 is 11.6 Å². The van der Waals surface area contributed by atoms with Crippen molar-refractivity contribution in [2.75, 3.05) is 13.2 Å². The van der Waals surface area contributed by atoms with Gasteiger partial charge in [0.25, 0.3) is 0 Å². The van der Waals surface area contributed by atoms with E-state index in [0.717, 1.165) is 48.9 Å². The molecule has 1 aromatic rings. The molecule has 1 N–H and O–H groups in total. The van der Waals surface area contributed by atoms with E-state index in [1.807, 2.05) is 18.2 Å². The smallest absolute Gasteiger partial charge is 0.125 e. The van der Waals surface area contributed by atoms with Gasteiger partial charge in [-0.2, -0.15) is 0 Å². The topological polar surface area (TPSA) is 21.3 Å². The van der Waals surface area contributed by atoms with Gasteiger partial charge in [0.15, 0.2) is 0 Å². The number of benzene rings is 1. The molecule has 0 aliphatic carbocycles. The summed E-state index contributed by atoms with van der Waals surface area (Å²) in [7, 11) is 0. The summed E-state index contributed by atoms with van der Waals surface area (Å²) in [5, 5.41) is 4.21. The zero-order valence-electron chi connectivity index (χ0n) is 13.2. The van der Waals surface area contributed by atoms with E-state index in [2.05, 4.69) is 33.0 Å². The van der Waals surface area contributed by atoms with Gasteiger partial charge in [0.1, 0.15) is 5.75 Å². The molecule has 0 aliphatic rings. The third kappa shape index (κ3) is 5.72. The average molecular weight is 298 g/mol. The van der Waals surface area contributed by atoms with Gasteiger partial charge in [-0.05, 0) is 30.5 Å². The lowest BCUT2D eigenvalue weighted by molar-refractivity contribution is 0.238. The maximum atomic E-state index is 6.31. The van der Waals surface area contributed by atoms with Crippen molar-refractivity contribution in [2.45, 2.75) is 47.1 Å². The molecule has 0 saturated carbocycles. The van der Waals surface area contributed by atoms with Gasteiger partial charge >= 0.3 is 0 Å². The Hall–Kier alpha value is -0.730. The molecule has 0 heterocycles. The van der Waals surface area contributed by atoms with Crippen LogP contribution in [0.5, 0.6) is 5.75 Å². The third-order valence-electron chi connectivity index (χ3n) is 3.56. The van der Waals surface area contributed by atoms with Gasteiger partial charge in [0, 0.05) is 17.1 Å². The summed E-state index contributed by atoms with van der Waals surface area (Å²) in [5.74, 6) is 2.16. The second kappa shape index (κ2) is 9.25. The first kappa shape index (κ1) is 17.3. The van der Waals surface area contributed by atoms with Crippen LogP contribution < -0.4 is 10.1 Å². The summed E-state index contributed by atoms with van der Waals surface area (Å²) < 4.78 is 5.99. The first-order chi connectivity index (χ1) is 9.58. The molecule has 0 unspecified atom stereocenters. The molecule has 0 spiro atoms. The second-order valence-electron chi connectivity index (χ2n) is 5.73. The Morgan fingerprint density at radius 2 is 1.90 bits per heavy atom. The number of hydrogen-bond donors (Lipinski definition) is 1. The number of rotatable bonds is 9. The Morgan fingerprint density at radius 3 is 2.50 bits per heavy atom. The van der Waals surface area contributed by atoms with E-state index >= 15 is 0 Å². The van der Waals surface area contributed by atoms with Crippen LogP contribution in [0.2, 0.25) is 5.02 Å². The Kier molecular flexibility index (Phi) is 8.01. The van der Waals surface area contributed by atoms with Crippen LogP contribution in [0.25, 0.3) is 0 Å². The Morgan fingerprint density at radius 1 is 1.20 bits per heavy atom. The average Bonchev–Trinajstić information content (AvgIpc) is 2.42. The predicted octanol–water partition coefficient (Wildman–Crippen LogP) is 4.90. The fraction of sp³-hybridized carbons (Fsp3) is 0.647. The van der Waals surface area contributed by atoms with Crippen molar-refractivity contribution in [1.29, 1.82) is 0 Å². The van der Waals surface area contributed by atoms with Crippen LogP contribution in [-0.4, -0.2) is 13.2 Å². The van der Waals surface area contributed by atoms with Crippen LogP contribution in [0.1, 0.15) is 46.1 Å². The number of ether oxygens (including phenoxy) is 1. The van der Waals surface area contributed by atoms with Crippen molar-refractivity contribution in [3.63, 3.8) is 0 Å².